The van der Waals surface area contributed by atoms with Crippen LogP contribution in [0.5, 0.6) is 11.5 Å². The highest BCUT2D eigenvalue weighted by atomic mass is 32.1. The molecule has 1 aromatic heterocycles. The average molecular weight is 371 g/mol. The van der Waals surface area contributed by atoms with Gasteiger partial charge in [-0.25, -0.2) is 4.68 Å². The molecule has 2 aromatic carbocycles. The van der Waals surface area contributed by atoms with Crippen LogP contribution in [0.1, 0.15) is 0 Å². The molecule has 0 bridgehead atoms. The Bertz CT molecular complexity index is 892. The number of benzene rings is 2. The number of nitrogens with zero attached hydrogens (tertiary/aromatic N) is 3. The van der Waals surface area contributed by atoms with Gasteiger partial charge in [-0.1, -0.05) is 30.3 Å². The zero-order valence-electron chi connectivity index (χ0n) is 14.8. The van der Waals surface area contributed by atoms with Crippen LogP contribution in [0.15, 0.2) is 59.0 Å². The highest BCUT2D eigenvalue weighted by molar-refractivity contribution is 7.71. The number of hydrogen-bond donors (Lipinski definition) is 0. The summed E-state index contributed by atoms with van der Waals surface area (Å²) in [6.07, 6.45) is 0. The summed E-state index contributed by atoms with van der Waals surface area (Å²) >= 11 is 5.29. The van der Waals surface area contributed by atoms with Crippen LogP contribution < -0.4 is 9.47 Å². The van der Waals surface area contributed by atoms with Crippen molar-refractivity contribution in [1.82, 2.24) is 14.7 Å². The van der Waals surface area contributed by atoms with E-state index in [1.807, 2.05) is 61.6 Å². The van der Waals surface area contributed by atoms with E-state index in [4.69, 9.17) is 26.1 Å². The van der Waals surface area contributed by atoms with Crippen LogP contribution in [0.2, 0.25) is 0 Å². The molecule has 0 fully saturated rings. The van der Waals surface area contributed by atoms with Crippen LogP contribution in [-0.2, 0) is 6.67 Å². The number of methoxy groups -OCH3 is 1. The first kappa shape index (κ1) is 18.2. The summed E-state index contributed by atoms with van der Waals surface area (Å²) in [7, 11) is 3.60. The lowest BCUT2D eigenvalue weighted by molar-refractivity contribution is 0.196. The van der Waals surface area contributed by atoms with Crippen molar-refractivity contribution in [2.45, 2.75) is 6.67 Å². The summed E-state index contributed by atoms with van der Waals surface area (Å²) in [5.74, 6) is 2.00. The molecule has 0 amide bonds. The molecule has 0 saturated carbocycles. The van der Waals surface area contributed by atoms with E-state index in [9.17, 15) is 0 Å². The molecule has 1 heterocycles. The first-order valence-electron chi connectivity index (χ1n) is 8.25. The standard InChI is InChI=1S/C19H21N3O3S/c1-21(12-13-24-15-8-4-3-5-9-15)14-22-19(26)25-18(20-22)16-10-6-7-11-17(16)23-2/h3-11H,12-14H2,1-2H3. The molecule has 0 aliphatic carbocycles. The number of rotatable bonds is 8. The summed E-state index contributed by atoms with van der Waals surface area (Å²) in [6, 6.07) is 17.3. The van der Waals surface area contributed by atoms with Gasteiger partial charge < -0.3 is 13.9 Å². The van der Waals surface area contributed by atoms with Crippen LogP contribution in [0.25, 0.3) is 11.5 Å². The smallest absolute Gasteiger partial charge is 0.288 e. The maximum Gasteiger partial charge on any atom is 0.288 e. The molecule has 0 unspecified atom stereocenters. The van der Waals surface area contributed by atoms with E-state index in [2.05, 4.69) is 10.00 Å². The number of ether oxygens (including phenoxy) is 2. The predicted molar refractivity (Wildman–Crippen MR) is 102 cm³/mol. The second-order valence-electron chi connectivity index (χ2n) is 5.76. The molecule has 3 aromatic rings. The monoisotopic (exact) mass is 371 g/mol. The molecule has 0 aliphatic heterocycles. The van der Waals surface area contributed by atoms with Gasteiger partial charge in [-0.15, -0.1) is 5.10 Å². The highest BCUT2D eigenvalue weighted by Gasteiger charge is 2.13. The topological polar surface area (TPSA) is 52.7 Å². The van der Waals surface area contributed by atoms with E-state index in [1.54, 1.807) is 11.8 Å². The van der Waals surface area contributed by atoms with E-state index >= 15 is 0 Å². The molecular weight excluding hydrogens is 350 g/mol. The molecule has 6 nitrogen and oxygen atoms in total. The third kappa shape index (κ3) is 4.50. The van der Waals surface area contributed by atoms with Crippen molar-refractivity contribution in [3.8, 4) is 23.0 Å². The minimum atomic E-state index is 0.321. The Kier molecular flexibility index (Phi) is 6.04. The Balaban J connectivity index is 1.61. The van der Waals surface area contributed by atoms with Gasteiger partial charge in [-0.05, 0) is 43.5 Å². The molecule has 0 N–H and O–H groups in total. The van der Waals surface area contributed by atoms with Crippen molar-refractivity contribution in [3.05, 3.63) is 59.4 Å². The van der Waals surface area contributed by atoms with Gasteiger partial charge in [0.1, 0.15) is 18.1 Å². The maximum atomic E-state index is 5.71. The van der Waals surface area contributed by atoms with Crippen LogP contribution in [-0.4, -0.2) is 42.0 Å². The van der Waals surface area contributed by atoms with Gasteiger partial charge in [-0.2, -0.15) is 0 Å². The molecule has 26 heavy (non-hydrogen) atoms. The van der Waals surface area contributed by atoms with Crippen molar-refractivity contribution in [1.29, 1.82) is 0 Å². The largest absolute Gasteiger partial charge is 0.496 e. The van der Waals surface area contributed by atoms with Crippen molar-refractivity contribution in [2.24, 2.45) is 0 Å². The fraction of sp³-hybridized carbons (Fsp3) is 0.263. The van der Waals surface area contributed by atoms with Gasteiger partial charge in [0.05, 0.1) is 19.3 Å². The lowest BCUT2D eigenvalue weighted by atomic mass is 10.2. The van der Waals surface area contributed by atoms with Gasteiger partial charge in [-0.3, -0.25) is 4.90 Å². The number of para-hydroxylation sites is 2. The predicted octanol–water partition coefficient (Wildman–Crippen LogP) is 3.85. The third-order valence-electron chi connectivity index (χ3n) is 3.80. The van der Waals surface area contributed by atoms with Gasteiger partial charge in [0.25, 0.3) is 10.7 Å². The fourth-order valence-electron chi connectivity index (χ4n) is 2.46. The van der Waals surface area contributed by atoms with Crippen LogP contribution >= 0.6 is 12.2 Å². The summed E-state index contributed by atoms with van der Waals surface area (Å²) < 4.78 is 18.4. The lowest BCUT2D eigenvalue weighted by Gasteiger charge is -2.16. The number of aromatic nitrogens is 2. The first-order valence-corrected chi connectivity index (χ1v) is 8.66. The average Bonchev–Trinajstić information content (AvgIpc) is 3.03. The lowest BCUT2D eigenvalue weighted by Crippen LogP contribution is -2.27. The Hall–Kier alpha value is -2.64. The second-order valence-corrected chi connectivity index (χ2v) is 6.10. The van der Waals surface area contributed by atoms with Crippen molar-refractivity contribution in [3.63, 3.8) is 0 Å². The Morgan fingerprint density at radius 1 is 1.12 bits per heavy atom. The molecule has 3 rings (SSSR count). The van der Waals surface area contributed by atoms with E-state index in [0.717, 1.165) is 17.9 Å². The molecule has 0 spiro atoms. The van der Waals surface area contributed by atoms with Crippen molar-refractivity contribution < 1.29 is 13.9 Å². The molecule has 136 valence electrons. The normalized spacial score (nSPS) is 10.9. The second kappa shape index (κ2) is 8.64. The van der Waals surface area contributed by atoms with Gasteiger partial charge in [0, 0.05) is 6.54 Å². The maximum absolute atomic E-state index is 5.71. The summed E-state index contributed by atoms with van der Waals surface area (Å²) in [6.45, 7) is 1.81. The Morgan fingerprint density at radius 3 is 2.62 bits per heavy atom. The molecular formula is C19H21N3O3S. The molecule has 7 heteroatoms. The zero-order valence-corrected chi connectivity index (χ0v) is 15.6. The molecule has 0 radical (unpaired) electrons. The highest BCUT2D eigenvalue weighted by Crippen LogP contribution is 2.28. The summed E-state index contributed by atoms with van der Waals surface area (Å²) in [4.78, 5) is 2.38. The van der Waals surface area contributed by atoms with Crippen molar-refractivity contribution in [2.75, 3.05) is 27.3 Å². The minimum Gasteiger partial charge on any atom is -0.496 e. The first-order chi connectivity index (χ1) is 12.7. The fourth-order valence-corrected chi connectivity index (χ4v) is 2.64. The quantitative estimate of drug-likeness (QED) is 0.561. The SMILES string of the molecule is COc1ccccc1-c1nn(CN(C)CCOc2ccccc2)c(=S)o1. The Morgan fingerprint density at radius 2 is 1.85 bits per heavy atom. The Labute approximate surface area is 157 Å². The van der Waals surface area contributed by atoms with E-state index in [1.165, 1.54) is 0 Å². The van der Waals surface area contributed by atoms with Gasteiger partial charge in [0.2, 0.25) is 0 Å². The summed E-state index contributed by atoms with van der Waals surface area (Å²) in [5, 5.41) is 4.48. The molecule has 0 saturated heterocycles. The van der Waals surface area contributed by atoms with E-state index in [0.29, 0.717) is 29.8 Å². The number of likely N-dealkylation sites (N-methyl/N-ethyl adjacent to an activating group) is 1. The third-order valence-corrected chi connectivity index (χ3v) is 4.10. The number of hydrogen-bond acceptors (Lipinski definition) is 6. The van der Waals surface area contributed by atoms with Crippen LogP contribution in [0.4, 0.5) is 0 Å². The van der Waals surface area contributed by atoms with Crippen LogP contribution in [0.3, 0.4) is 0 Å². The minimum absolute atomic E-state index is 0.321. The van der Waals surface area contributed by atoms with E-state index < -0.39 is 0 Å². The zero-order chi connectivity index (χ0) is 18.4. The van der Waals surface area contributed by atoms with E-state index in [-0.39, 0.29) is 0 Å². The van der Waals surface area contributed by atoms with Gasteiger partial charge >= 0.3 is 0 Å². The summed E-state index contributed by atoms with van der Waals surface area (Å²) in [5.41, 5.74) is 0.773. The van der Waals surface area contributed by atoms with Gasteiger partial charge in [0.15, 0.2) is 0 Å². The molecule has 0 atom stereocenters. The molecule has 0 aliphatic rings. The van der Waals surface area contributed by atoms with Crippen LogP contribution in [0, 0.1) is 4.84 Å². The van der Waals surface area contributed by atoms with Crippen molar-refractivity contribution >= 4 is 12.2 Å².